The van der Waals surface area contributed by atoms with Crippen LogP contribution in [0.3, 0.4) is 0 Å². The number of ether oxygens (including phenoxy) is 2. The lowest BCUT2D eigenvalue weighted by molar-refractivity contribution is -0.870. The minimum atomic E-state index is -4.64. The molecule has 0 aliphatic rings. The van der Waals surface area contributed by atoms with Gasteiger partial charge in [0.1, 0.15) is 19.8 Å². The third-order valence-electron chi connectivity index (χ3n) is 8.95. The van der Waals surface area contributed by atoms with E-state index in [0.717, 1.165) is 70.6 Å². The summed E-state index contributed by atoms with van der Waals surface area (Å²) in [6.45, 7) is 4.01. The van der Waals surface area contributed by atoms with E-state index in [1.165, 1.54) is 57.8 Å². The maximum Gasteiger partial charge on any atom is 0.306 e. The first-order valence-corrected chi connectivity index (χ1v) is 22.5. The molecule has 10 nitrogen and oxygen atoms in total. The summed E-state index contributed by atoms with van der Waals surface area (Å²) in [5.41, 5.74) is 0. The van der Waals surface area contributed by atoms with Gasteiger partial charge < -0.3 is 27.9 Å². The van der Waals surface area contributed by atoms with Crippen molar-refractivity contribution in [2.75, 3.05) is 47.5 Å². The second-order valence-electron chi connectivity index (χ2n) is 15.4. The van der Waals surface area contributed by atoms with E-state index in [1.807, 2.05) is 33.3 Å². The van der Waals surface area contributed by atoms with E-state index in [9.17, 15) is 23.8 Å². The fourth-order valence-electron chi connectivity index (χ4n) is 5.58. The second kappa shape index (κ2) is 34.6. The number of carbonyl (C=O) groups is 3. The number of likely N-dealkylation sites (N-methyl/N-ethyl adjacent to an activating group) is 1. The molecule has 1 unspecified atom stereocenters. The Labute approximate surface area is 324 Å². The lowest BCUT2D eigenvalue weighted by Crippen LogP contribution is -2.37. The molecule has 0 amide bonds. The summed E-state index contributed by atoms with van der Waals surface area (Å²) in [5.74, 6) is -0.715. The van der Waals surface area contributed by atoms with Gasteiger partial charge >= 0.3 is 11.9 Å². The van der Waals surface area contributed by atoms with Gasteiger partial charge in [-0.1, -0.05) is 141 Å². The predicted molar refractivity (Wildman–Crippen MR) is 213 cm³/mol. The highest BCUT2D eigenvalue weighted by atomic mass is 31.2. The van der Waals surface area contributed by atoms with Gasteiger partial charge in [-0.2, -0.15) is 0 Å². The number of allylic oxidation sites excluding steroid dienone is 4. The van der Waals surface area contributed by atoms with Crippen molar-refractivity contribution in [3.63, 3.8) is 0 Å². The van der Waals surface area contributed by atoms with Crippen LogP contribution in [0.2, 0.25) is 0 Å². The number of ketones is 1. The van der Waals surface area contributed by atoms with E-state index in [0.29, 0.717) is 30.3 Å². The van der Waals surface area contributed by atoms with Crippen molar-refractivity contribution in [1.29, 1.82) is 0 Å². The molecule has 0 bridgehead atoms. The Hall–Kier alpha value is -1.84. The highest BCUT2D eigenvalue weighted by Crippen LogP contribution is 2.38. The van der Waals surface area contributed by atoms with E-state index < -0.39 is 32.5 Å². The molecule has 0 heterocycles. The monoisotopic (exact) mass is 772 g/mol. The Kier molecular flexibility index (Phi) is 33.4. The molecule has 0 fully saturated rings. The van der Waals surface area contributed by atoms with Crippen LogP contribution < -0.4 is 4.89 Å². The molecule has 0 N–H and O–H groups in total. The third-order valence-corrected chi connectivity index (χ3v) is 9.91. The molecule has 0 aliphatic carbocycles. The van der Waals surface area contributed by atoms with Crippen molar-refractivity contribution in [1.82, 2.24) is 0 Å². The Morgan fingerprint density at radius 3 is 1.68 bits per heavy atom. The molecule has 310 valence electrons. The van der Waals surface area contributed by atoms with Crippen molar-refractivity contribution in [3.8, 4) is 0 Å². The number of unbranched alkanes of at least 4 members (excludes halogenated alkanes) is 19. The zero-order valence-electron chi connectivity index (χ0n) is 34.5. The number of phosphoric ester groups is 1. The van der Waals surface area contributed by atoms with Gasteiger partial charge in [0.2, 0.25) is 0 Å². The van der Waals surface area contributed by atoms with Crippen LogP contribution in [0.1, 0.15) is 174 Å². The third kappa shape index (κ3) is 38.2. The SMILES string of the molecule is CCCCCCCCCCCCCCCC(=O)O[C@H](COC(=O)CCCCCCC/C=C\C=C\C(=O)CCCCC)COP(=O)([O-])OCC[N+](C)(C)C. The highest BCUT2D eigenvalue weighted by molar-refractivity contribution is 7.45. The number of phosphoric acid groups is 1. The van der Waals surface area contributed by atoms with Gasteiger partial charge in [-0.25, -0.2) is 0 Å². The summed E-state index contributed by atoms with van der Waals surface area (Å²) < 4.78 is 33.8. The maximum atomic E-state index is 12.6. The van der Waals surface area contributed by atoms with Crippen LogP contribution in [0, 0.1) is 0 Å². The smallest absolute Gasteiger partial charge is 0.306 e. The van der Waals surface area contributed by atoms with Gasteiger partial charge in [-0.05, 0) is 38.2 Å². The Balaban J connectivity index is 4.44. The fraction of sp³-hybridized carbons (Fsp3) is 0.833. The zero-order valence-corrected chi connectivity index (χ0v) is 35.4. The van der Waals surface area contributed by atoms with Gasteiger partial charge in [0.15, 0.2) is 11.9 Å². The summed E-state index contributed by atoms with van der Waals surface area (Å²) >= 11 is 0. The van der Waals surface area contributed by atoms with Crippen LogP contribution in [0.4, 0.5) is 0 Å². The molecule has 2 atom stereocenters. The number of hydrogen-bond donors (Lipinski definition) is 0. The van der Waals surface area contributed by atoms with E-state index in [2.05, 4.69) is 19.9 Å². The van der Waals surface area contributed by atoms with Crippen molar-refractivity contribution in [2.45, 2.75) is 180 Å². The van der Waals surface area contributed by atoms with Crippen molar-refractivity contribution < 1.29 is 46.8 Å². The van der Waals surface area contributed by atoms with Gasteiger partial charge in [-0.3, -0.25) is 18.9 Å². The first-order chi connectivity index (χ1) is 25.4. The van der Waals surface area contributed by atoms with Crippen molar-refractivity contribution in [2.24, 2.45) is 0 Å². The summed E-state index contributed by atoms with van der Waals surface area (Å²) in [5, 5.41) is 0. The number of esters is 2. The minimum Gasteiger partial charge on any atom is -0.756 e. The van der Waals surface area contributed by atoms with Crippen molar-refractivity contribution >= 4 is 25.5 Å². The molecular formula is C42H78NO9P. The van der Waals surface area contributed by atoms with Crippen molar-refractivity contribution in [3.05, 3.63) is 24.3 Å². The maximum absolute atomic E-state index is 12.6. The lowest BCUT2D eigenvalue weighted by Gasteiger charge is -2.28. The quantitative estimate of drug-likeness (QED) is 0.0150. The zero-order chi connectivity index (χ0) is 39.5. The number of rotatable bonds is 38. The predicted octanol–water partition coefficient (Wildman–Crippen LogP) is 10.1. The molecule has 0 aromatic rings. The van der Waals surface area contributed by atoms with Crippen LogP contribution in [0.25, 0.3) is 0 Å². The molecule has 0 radical (unpaired) electrons. The van der Waals surface area contributed by atoms with Gasteiger partial charge in [-0.15, -0.1) is 0 Å². The number of nitrogens with zero attached hydrogens (tertiary/aromatic N) is 1. The molecule has 0 aliphatic heterocycles. The first-order valence-electron chi connectivity index (χ1n) is 21.0. The Morgan fingerprint density at radius 2 is 1.11 bits per heavy atom. The highest BCUT2D eigenvalue weighted by Gasteiger charge is 2.21. The molecule has 11 heteroatoms. The largest absolute Gasteiger partial charge is 0.756 e. The number of quaternary nitrogens is 1. The molecule has 0 aromatic heterocycles. The average molecular weight is 772 g/mol. The molecule has 0 spiro atoms. The number of carbonyl (C=O) groups excluding carboxylic acids is 3. The van der Waals surface area contributed by atoms with Gasteiger partial charge in [0, 0.05) is 19.3 Å². The normalized spacial score (nSPS) is 13.8. The molecule has 0 saturated heterocycles. The Bertz CT molecular complexity index is 1020. The minimum absolute atomic E-state index is 0.0434. The van der Waals surface area contributed by atoms with E-state index in [4.69, 9.17) is 18.5 Å². The fourth-order valence-corrected chi connectivity index (χ4v) is 6.31. The van der Waals surface area contributed by atoms with Gasteiger partial charge in [0.05, 0.1) is 27.7 Å². The first kappa shape index (κ1) is 51.2. The van der Waals surface area contributed by atoms with E-state index >= 15 is 0 Å². The van der Waals surface area contributed by atoms with Crippen LogP contribution in [0.5, 0.6) is 0 Å². The topological polar surface area (TPSA) is 128 Å². The summed E-state index contributed by atoms with van der Waals surface area (Å²) in [7, 11) is 1.12. The number of hydrogen-bond acceptors (Lipinski definition) is 9. The van der Waals surface area contributed by atoms with E-state index in [-0.39, 0.29) is 31.8 Å². The van der Waals surface area contributed by atoms with E-state index in [1.54, 1.807) is 6.08 Å². The molecule has 0 aromatic carbocycles. The van der Waals surface area contributed by atoms with Crippen LogP contribution in [-0.2, 0) is 37.5 Å². The summed E-state index contributed by atoms with van der Waals surface area (Å²) in [6, 6.07) is 0. The van der Waals surface area contributed by atoms with Crippen LogP contribution in [0.15, 0.2) is 24.3 Å². The second-order valence-corrected chi connectivity index (χ2v) is 16.8. The summed E-state index contributed by atoms with van der Waals surface area (Å²) in [4.78, 5) is 49.2. The summed E-state index contributed by atoms with van der Waals surface area (Å²) in [6.07, 6.45) is 31.8. The molecular weight excluding hydrogens is 693 g/mol. The Morgan fingerprint density at radius 1 is 0.623 bits per heavy atom. The lowest BCUT2D eigenvalue weighted by atomic mass is 10.0. The van der Waals surface area contributed by atoms with Crippen LogP contribution >= 0.6 is 7.82 Å². The molecule has 53 heavy (non-hydrogen) atoms. The van der Waals surface area contributed by atoms with Crippen LogP contribution in [-0.4, -0.2) is 75.8 Å². The average Bonchev–Trinajstić information content (AvgIpc) is 3.09. The molecule has 0 saturated carbocycles. The standard InChI is InChI=1S/C42H78NO9P/c1-6-8-10-11-12-13-14-15-16-19-23-26-30-34-42(46)52-40(38-51-53(47,48)50-36-35-43(3,4)5)37-49-41(45)33-29-25-22-20-17-18-21-24-28-32-39(44)31-27-9-7-2/h21,24,28,32,40H,6-20,22-23,25-27,29-31,33-38H2,1-5H3/b24-21-,32-28+/t40-/m1/s1. The molecule has 0 rings (SSSR count). The van der Waals surface area contributed by atoms with Gasteiger partial charge in [0.25, 0.3) is 7.82 Å².